The number of hydrogen-bond donors (Lipinski definition) is 1. The van der Waals surface area contributed by atoms with Gasteiger partial charge >= 0.3 is 0 Å². The lowest BCUT2D eigenvalue weighted by Crippen LogP contribution is -2.23. The van der Waals surface area contributed by atoms with Gasteiger partial charge in [0.15, 0.2) is 0 Å². The van der Waals surface area contributed by atoms with Crippen molar-refractivity contribution in [1.29, 1.82) is 0 Å². The Labute approximate surface area is 118 Å². The highest BCUT2D eigenvalue weighted by molar-refractivity contribution is 5.56. The van der Waals surface area contributed by atoms with Crippen LogP contribution in [0.2, 0.25) is 0 Å². The number of nitrogens with zero attached hydrogens (tertiary/aromatic N) is 2. The summed E-state index contributed by atoms with van der Waals surface area (Å²) in [5.41, 5.74) is 1.89. The summed E-state index contributed by atoms with van der Waals surface area (Å²) < 4.78 is 11.1. The third-order valence-corrected chi connectivity index (χ3v) is 3.55. The Hall–Kier alpha value is -1.88. The Morgan fingerprint density at radius 2 is 2.20 bits per heavy atom. The van der Waals surface area contributed by atoms with Crippen molar-refractivity contribution in [2.45, 2.75) is 38.8 Å². The molecule has 3 rings (SSSR count). The molecule has 1 unspecified atom stereocenters. The molecule has 1 aliphatic rings. The smallest absolute Gasteiger partial charge is 0.249 e. The summed E-state index contributed by atoms with van der Waals surface area (Å²) in [5.74, 6) is 1.20. The molecule has 0 aliphatic carbocycles. The second-order valence-corrected chi connectivity index (χ2v) is 5.46. The Balaban J connectivity index is 1.79. The van der Waals surface area contributed by atoms with Crippen molar-refractivity contribution in [2.75, 3.05) is 11.9 Å². The van der Waals surface area contributed by atoms with Crippen LogP contribution < -0.4 is 5.32 Å². The molecule has 0 saturated carbocycles. The second kappa shape index (κ2) is 4.90. The maximum atomic E-state index is 5.65. The van der Waals surface area contributed by atoms with E-state index in [1.807, 2.05) is 32.9 Å². The van der Waals surface area contributed by atoms with Crippen LogP contribution in [-0.2, 0) is 16.8 Å². The summed E-state index contributed by atoms with van der Waals surface area (Å²) in [6.45, 7) is 6.46. The van der Waals surface area contributed by atoms with Gasteiger partial charge < -0.3 is 14.6 Å². The zero-order valence-corrected chi connectivity index (χ0v) is 12.0. The zero-order valence-electron chi connectivity index (χ0n) is 12.0. The van der Waals surface area contributed by atoms with Crippen molar-refractivity contribution in [2.24, 2.45) is 0 Å². The highest BCUT2D eigenvalue weighted by Gasteiger charge is 2.31. The van der Waals surface area contributed by atoms with Crippen LogP contribution >= 0.6 is 0 Å². The molecule has 1 aromatic carbocycles. The van der Waals surface area contributed by atoms with Crippen molar-refractivity contribution < 1.29 is 9.26 Å². The number of ether oxygens (including phenoxy) is 1. The molecule has 0 saturated heterocycles. The first-order valence-corrected chi connectivity index (χ1v) is 6.92. The van der Waals surface area contributed by atoms with Crippen LogP contribution in [0.4, 0.5) is 5.69 Å². The molecule has 0 spiro atoms. The normalized spacial score (nSPS) is 17.9. The minimum Gasteiger partial charge on any atom is -0.373 e. The van der Waals surface area contributed by atoms with Crippen molar-refractivity contribution in [3.05, 3.63) is 41.5 Å². The highest BCUT2D eigenvalue weighted by Crippen LogP contribution is 2.34. The van der Waals surface area contributed by atoms with Gasteiger partial charge in [0.05, 0.1) is 0 Å². The number of nitrogens with one attached hydrogen (secondary N) is 1. The SMILES string of the molecule is CCOC(C)(C)c1noc(C2Cc3ccccc3N2)n1. The molecule has 1 N–H and O–H groups in total. The second-order valence-electron chi connectivity index (χ2n) is 5.46. The standard InChI is InChI=1S/C15H19N3O2/c1-4-19-15(2,3)14-17-13(20-18-14)12-9-10-7-5-6-8-11(10)16-12/h5-8,12,16H,4,9H2,1-3H3. The molecular weight excluding hydrogens is 254 g/mol. The van der Waals surface area contributed by atoms with Crippen molar-refractivity contribution in [1.82, 2.24) is 10.1 Å². The van der Waals surface area contributed by atoms with Gasteiger partial charge in [-0.2, -0.15) is 4.98 Å². The van der Waals surface area contributed by atoms with Crippen LogP contribution in [0.5, 0.6) is 0 Å². The summed E-state index contributed by atoms with van der Waals surface area (Å²) in [7, 11) is 0. The van der Waals surface area contributed by atoms with Crippen LogP contribution in [0.25, 0.3) is 0 Å². The first-order valence-electron chi connectivity index (χ1n) is 6.92. The summed E-state index contributed by atoms with van der Waals surface area (Å²) in [5, 5.41) is 7.47. The number of aromatic nitrogens is 2. The molecule has 0 fully saturated rings. The maximum Gasteiger partial charge on any atom is 0.249 e. The Bertz CT molecular complexity index is 582. The molecule has 106 valence electrons. The lowest BCUT2D eigenvalue weighted by atomic mass is 10.1. The predicted molar refractivity (Wildman–Crippen MR) is 75.5 cm³/mol. The van der Waals surface area contributed by atoms with Gasteiger partial charge in [-0.1, -0.05) is 23.4 Å². The monoisotopic (exact) mass is 273 g/mol. The molecule has 20 heavy (non-hydrogen) atoms. The molecule has 2 aromatic rings. The molecule has 5 heteroatoms. The molecule has 0 bridgehead atoms. The van der Waals surface area contributed by atoms with Gasteiger partial charge in [0.25, 0.3) is 0 Å². The van der Waals surface area contributed by atoms with Gasteiger partial charge in [-0.25, -0.2) is 0 Å². The van der Waals surface area contributed by atoms with Gasteiger partial charge in [-0.3, -0.25) is 0 Å². The number of fused-ring (bicyclic) bond motifs is 1. The molecule has 2 heterocycles. The third kappa shape index (κ3) is 2.29. The maximum absolute atomic E-state index is 5.65. The van der Waals surface area contributed by atoms with Crippen molar-refractivity contribution in [3.63, 3.8) is 0 Å². The van der Waals surface area contributed by atoms with Crippen molar-refractivity contribution in [3.8, 4) is 0 Å². The fraction of sp³-hybridized carbons (Fsp3) is 0.467. The summed E-state index contributed by atoms with van der Waals surface area (Å²) in [6.07, 6.45) is 0.868. The summed E-state index contributed by atoms with van der Waals surface area (Å²) >= 11 is 0. The van der Waals surface area contributed by atoms with Gasteiger partial charge in [0, 0.05) is 18.7 Å². The lowest BCUT2D eigenvalue weighted by Gasteiger charge is -2.19. The average Bonchev–Trinajstić information content (AvgIpc) is 3.05. The number of rotatable bonds is 4. The molecule has 0 radical (unpaired) electrons. The Morgan fingerprint density at radius 1 is 1.40 bits per heavy atom. The van der Waals surface area contributed by atoms with Gasteiger partial charge in [0.1, 0.15) is 11.6 Å². The number of hydrogen-bond acceptors (Lipinski definition) is 5. The van der Waals surface area contributed by atoms with E-state index in [-0.39, 0.29) is 6.04 Å². The van der Waals surface area contributed by atoms with Crippen LogP contribution in [0.15, 0.2) is 28.8 Å². The highest BCUT2D eigenvalue weighted by atomic mass is 16.5. The molecular formula is C15H19N3O2. The van der Waals surface area contributed by atoms with E-state index in [9.17, 15) is 0 Å². The number of benzene rings is 1. The van der Waals surface area contributed by atoms with E-state index in [0.29, 0.717) is 18.3 Å². The number of para-hydroxylation sites is 1. The first-order chi connectivity index (χ1) is 9.60. The average molecular weight is 273 g/mol. The molecule has 1 aromatic heterocycles. The lowest BCUT2D eigenvalue weighted by molar-refractivity contribution is -0.0221. The minimum absolute atomic E-state index is 0.0473. The predicted octanol–water partition coefficient (Wildman–Crippen LogP) is 3.05. The number of anilines is 1. The van der Waals surface area contributed by atoms with Crippen LogP contribution in [-0.4, -0.2) is 16.7 Å². The zero-order chi connectivity index (χ0) is 14.2. The van der Waals surface area contributed by atoms with E-state index in [4.69, 9.17) is 9.26 Å². The summed E-state index contributed by atoms with van der Waals surface area (Å²) in [4.78, 5) is 4.50. The summed E-state index contributed by atoms with van der Waals surface area (Å²) in [6, 6.07) is 8.29. The first kappa shape index (κ1) is 13.1. The van der Waals surface area contributed by atoms with Crippen molar-refractivity contribution >= 4 is 5.69 Å². The van der Waals surface area contributed by atoms with Crippen LogP contribution in [0, 0.1) is 0 Å². The molecule has 1 atom stereocenters. The largest absolute Gasteiger partial charge is 0.373 e. The van der Waals surface area contributed by atoms with E-state index in [2.05, 4.69) is 27.6 Å². The Kier molecular flexibility index (Phi) is 3.22. The van der Waals surface area contributed by atoms with E-state index in [1.54, 1.807) is 0 Å². The topological polar surface area (TPSA) is 60.2 Å². The minimum atomic E-state index is -0.526. The van der Waals surface area contributed by atoms with E-state index in [1.165, 1.54) is 5.56 Å². The molecule has 5 nitrogen and oxygen atoms in total. The van der Waals surface area contributed by atoms with Crippen LogP contribution in [0.3, 0.4) is 0 Å². The Morgan fingerprint density at radius 3 is 2.95 bits per heavy atom. The molecule has 0 amide bonds. The molecule has 1 aliphatic heterocycles. The van der Waals surface area contributed by atoms with E-state index < -0.39 is 5.60 Å². The van der Waals surface area contributed by atoms with E-state index >= 15 is 0 Å². The quantitative estimate of drug-likeness (QED) is 0.927. The van der Waals surface area contributed by atoms with Crippen LogP contribution in [0.1, 0.15) is 44.1 Å². The third-order valence-electron chi connectivity index (χ3n) is 3.55. The van der Waals surface area contributed by atoms with Gasteiger partial charge in [0.2, 0.25) is 11.7 Å². The van der Waals surface area contributed by atoms with E-state index in [0.717, 1.165) is 12.1 Å². The fourth-order valence-corrected chi connectivity index (χ4v) is 2.49. The van der Waals surface area contributed by atoms with Gasteiger partial charge in [-0.15, -0.1) is 0 Å². The van der Waals surface area contributed by atoms with Gasteiger partial charge in [-0.05, 0) is 32.4 Å². The fourth-order valence-electron chi connectivity index (χ4n) is 2.49.